The summed E-state index contributed by atoms with van der Waals surface area (Å²) in [5, 5.41) is 16.4. The van der Waals surface area contributed by atoms with Gasteiger partial charge in [0.15, 0.2) is 0 Å². The third-order valence-corrected chi connectivity index (χ3v) is 4.82. The van der Waals surface area contributed by atoms with Gasteiger partial charge in [-0.05, 0) is 31.3 Å². The molecule has 11 heteroatoms. The first-order valence-electron chi connectivity index (χ1n) is 8.54. The second-order valence-corrected chi connectivity index (χ2v) is 7.78. The zero-order chi connectivity index (χ0) is 21.1. The van der Waals surface area contributed by atoms with Gasteiger partial charge in [0.05, 0.1) is 6.04 Å². The average Bonchev–Trinajstić information content (AvgIpc) is 2.61. The molecule has 0 saturated heterocycles. The first kappa shape index (κ1) is 25.5. The molecule has 0 aliphatic heterocycles. The molecule has 9 nitrogen and oxygen atoms in total. The van der Waals surface area contributed by atoms with E-state index in [-0.39, 0.29) is 11.7 Å². The summed E-state index contributed by atoms with van der Waals surface area (Å²) in [6.07, 6.45) is 2.24. The molecule has 0 saturated carbocycles. The predicted molar refractivity (Wildman–Crippen MR) is 109 cm³/mol. The highest BCUT2D eigenvalue weighted by Crippen LogP contribution is 2.04. The van der Waals surface area contributed by atoms with Gasteiger partial charge in [-0.15, -0.1) is 0 Å². The Morgan fingerprint density at radius 3 is 2.00 bits per heavy atom. The van der Waals surface area contributed by atoms with Crippen molar-refractivity contribution in [1.82, 2.24) is 16.0 Å². The summed E-state index contributed by atoms with van der Waals surface area (Å²) >= 11 is 5.38. The lowest BCUT2D eigenvalue weighted by atomic mass is 10.0. The molecule has 3 amide bonds. The fraction of sp³-hybridized carbons (Fsp3) is 0.750. The van der Waals surface area contributed by atoms with E-state index in [1.165, 1.54) is 18.7 Å². The Bertz CT molecular complexity index is 533. The lowest BCUT2D eigenvalue weighted by Gasteiger charge is -2.24. The van der Waals surface area contributed by atoms with Crippen LogP contribution in [0, 0.1) is 5.92 Å². The number of carbonyl (C=O) groups excluding carboxylic acids is 3. The van der Waals surface area contributed by atoms with E-state index in [9.17, 15) is 19.2 Å². The third kappa shape index (κ3) is 9.34. The number of amides is 3. The molecule has 0 spiro atoms. The van der Waals surface area contributed by atoms with Crippen LogP contribution in [-0.2, 0) is 19.2 Å². The van der Waals surface area contributed by atoms with Gasteiger partial charge in [-0.1, -0.05) is 13.8 Å². The van der Waals surface area contributed by atoms with Crippen LogP contribution < -0.4 is 21.7 Å². The summed E-state index contributed by atoms with van der Waals surface area (Å²) in [5.74, 6) is -2.40. The van der Waals surface area contributed by atoms with Gasteiger partial charge in [0.25, 0.3) is 0 Å². The fourth-order valence-corrected chi connectivity index (χ4v) is 2.66. The van der Waals surface area contributed by atoms with Crippen LogP contribution in [0.4, 0.5) is 0 Å². The number of thioether (sulfide) groups is 1. The second kappa shape index (κ2) is 12.8. The molecule has 0 radical (unpaired) electrons. The lowest BCUT2D eigenvalue weighted by molar-refractivity contribution is -0.141. The van der Waals surface area contributed by atoms with Gasteiger partial charge in [-0.25, -0.2) is 4.79 Å². The number of hydrogen-bond acceptors (Lipinski definition) is 7. The monoisotopic (exact) mass is 422 g/mol. The summed E-state index contributed by atoms with van der Waals surface area (Å²) < 4.78 is 0. The molecular formula is C16H30N4O5S2. The Kier molecular flexibility index (Phi) is 12.1. The van der Waals surface area contributed by atoms with Gasteiger partial charge in [0.1, 0.15) is 18.1 Å². The smallest absolute Gasteiger partial charge is 0.327 e. The number of hydrogen-bond donors (Lipinski definition) is 6. The Labute approximate surface area is 169 Å². The summed E-state index contributed by atoms with van der Waals surface area (Å²) in [6.45, 7) is 5.03. The number of carboxylic acid groups (broad SMARTS) is 1. The Hall–Kier alpha value is -1.46. The number of nitrogens with one attached hydrogen (secondary N) is 3. The van der Waals surface area contributed by atoms with E-state index >= 15 is 0 Å². The molecule has 0 aromatic rings. The molecule has 0 unspecified atom stereocenters. The van der Waals surface area contributed by atoms with Crippen LogP contribution in [0.15, 0.2) is 0 Å². The van der Waals surface area contributed by atoms with Gasteiger partial charge in [0, 0.05) is 5.75 Å². The Morgan fingerprint density at radius 2 is 1.56 bits per heavy atom. The first-order valence-corrected chi connectivity index (χ1v) is 10.6. The molecule has 6 N–H and O–H groups in total. The minimum absolute atomic E-state index is 0.0821. The molecular weight excluding hydrogens is 392 g/mol. The zero-order valence-electron chi connectivity index (χ0n) is 16.0. The highest BCUT2D eigenvalue weighted by atomic mass is 32.2. The van der Waals surface area contributed by atoms with Crippen molar-refractivity contribution in [3.63, 3.8) is 0 Å². The van der Waals surface area contributed by atoms with Gasteiger partial charge in [0.2, 0.25) is 17.7 Å². The zero-order valence-corrected chi connectivity index (χ0v) is 17.7. The third-order valence-electron chi connectivity index (χ3n) is 3.81. The highest BCUT2D eigenvalue weighted by Gasteiger charge is 2.28. The normalized spacial score (nSPS) is 15.4. The minimum atomic E-state index is -1.22. The first-order chi connectivity index (χ1) is 12.5. The van der Waals surface area contributed by atoms with Crippen LogP contribution in [0.3, 0.4) is 0 Å². The number of carboxylic acids is 1. The summed E-state index contributed by atoms with van der Waals surface area (Å²) in [4.78, 5) is 47.7. The number of thiol groups is 1. The van der Waals surface area contributed by atoms with E-state index in [1.807, 2.05) is 6.26 Å². The van der Waals surface area contributed by atoms with Crippen LogP contribution in [0.2, 0.25) is 0 Å². The molecule has 0 aliphatic rings. The maximum atomic E-state index is 12.5. The number of carbonyl (C=O) groups is 4. The minimum Gasteiger partial charge on any atom is -0.480 e. The molecule has 0 bridgehead atoms. The van der Waals surface area contributed by atoms with Crippen molar-refractivity contribution in [2.75, 3.05) is 17.8 Å². The fourth-order valence-electron chi connectivity index (χ4n) is 1.94. The van der Waals surface area contributed by atoms with Crippen molar-refractivity contribution >= 4 is 48.1 Å². The van der Waals surface area contributed by atoms with Gasteiger partial charge >= 0.3 is 5.97 Å². The second-order valence-electron chi connectivity index (χ2n) is 6.42. The van der Waals surface area contributed by atoms with E-state index in [2.05, 4.69) is 28.6 Å². The molecule has 0 rings (SSSR count). The maximum Gasteiger partial charge on any atom is 0.327 e. The highest BCUT2D eigenvalue weighted by molar-refractivity contribution is 7.98. The molecule has 27 heavy (non-hydrogen) atoms. The Morgan fingerprint density at radius 1 is 1.00 bits per heavy atom. The van der Waals surface area contributed by atoms with Crippen molar-refractivity contribution in [1.29, 1.82) is 0 Å². The topological polar surface area (TPSA) is 151 Å². The number of rotatable bonds is 12. The largest absolute Gasteiger partial charge is 0.480 e. The average molecular weight is 423 g/mol. The molecule has 0 aromatic carbocycles. The van der Waals surface area contributed by atoms with Crippen molar-refractivity contribution in [3.8, 4) is 0 Å². The van der Waals surface area contributed by atoms with Crippen LogP contribution in [0.5, 0.6) is 0 Å². The summed E-state index contributed by atoms with van der Waals surface area (Å²) in [5.41, 5.74) is 5.81. The standard InChI is InChI=1S/C16H30N4O5S2/c1-8(2)12(17)15(23)19-10(5-6-27-4)14(22)18-9(3)13(21)20-11(7-26)16(24)25/h8-12,26H,5-7,17H2,1-4H3,(H,18,22)(H,19,23)(H,20,21)(H,24,25)/t9-,10-,11-,12-/m0/s1. The quantitative estimate of drug-likeness (QED) is 0.226. The van der Waals surface area contributed by atoms with Crippen molar-refractivity contribution in [2.24, 2.45) is 11.7 Å². The van der Waals surface area contributed by atoms with Crippen LogP contribution in [0.25, 0.3) is 0 Å². The molecule has 0 fully saturated rings. The van der Waals surface area contributed by atoms with E-state index in [4.69, 9.17) is 10.8 Å². The van der Waals surface area contributed by atoms with E-state index in [1.54, 1.807) is 13.8 Å². The maximum absolute atomic E-state index is 12.5. The number of aliphatic carboxylic acids is 1. The number of nitrogens with two attached hydrogens (primary N) is 1. The van der Waals surface area contributed by atoms with Gasteiger partial charge < -0.3 is 26.8 Å². The van der Waals surface area contributed by atoms with Gasteiger partial charge in [-0.2, -0.15) is 24.4 Å². The van der Waals surface area contributed by atoms with Gasteiger partial charge in [-0.3, -0.25) is 14.4 Å². The van der Waals surface area contributed by atoms with Crippen LogP contribution in [-0.4, -0.2) is 70.7 Å². The molecule has 156 valence electrons. The summed E-state index contributed by atoms with van der Waals surface area (Å²) in [6, 6.07) is -3.73. The SMILES string of the molecule is CSCC[C@H](NC(=O)[C@@H](N)C(C)C)C(=O)N[C@@H](C)C(=O)N[C@@H](CS)C(=O)O. The van der Waals surface area contributed by atoms with Crippen LogP contribution >= 0.6 is 24.4 Å². The lowest BCUT2D eigenvalue weighted by Crippen LogP contribution is -2.57. The molecule has 0 aliphatic carbocycles. The predicted octanol–water partition coefficient (Wildman–Crippen LogP) is -0.788. The molecule has 4 atom stereocenters. The van der Waals surface area contributed by atoms with E-state index in [0.717, 1.165) is 0 Å². The van der Waals surface area contributed by atoms with Crippen molar-refractivity contribution in [2.45, 2.75) is 51.4 Å². The Balaban J connectivity index is 4.94. The summed E-state index contributed by atoms with van der Waals surface area (Å²) in [7, 11) is 0. The van der Waals surface area contributed by atoms with E-state index in [0.29, 0.717) is 12.2 Å². The van der Waals surface area contributed by atoms with Crippen LogP contribution in [0.1, 0.15) is 27.2 Å². The molecule has 0 heterocycles. The molecule has 0 aromatic heterocycles. The van der Waals surface area contributed by atoms with Crippen molar-refractivity contribution < 1.29 is 24.3 Å². The van der Waals surface area contributed by atoms with Crippen molar-refractivity contribution in [3.05, 3.63) is 0 Å². The van der Waals surface area contributed by atoms with E-state index < -0.39 is 47.9 Å².